The highest BCUT2D eigenvalue weighted by atomic mass is 28.4. The molecule has 0 rings (SSSR count). The van der Waals surface area contributed by atoms with Gasteiger partial charge in [0, 0.05) is 6.61 Å². The highest BCUT2D eigenvalue weighted by Gasteiger charge is 2.17. The van der Waals surface area contributed by atoms with Crippen LogP contribution in [0.25, 0.3) is 0 Å². The fourth-order valence-electron chi connectivity index (χ4n) is 1.35. The van der Waals surface area contributed by atoms with E-state index in [1.807, 2.05) is 0 Å². The highest BCUT2D eigenvalue weighted by Crippen LogP contribution is 2.13. The van der Waals surface area contributed by atoms with Crippen LogP contribution in [0.2, 0.25) is 19.6 Å². The van der Waals surface area contributed by atoms with E-state index in [9.17, 15) is 0 Å². The second-order valence-electron chi connectivity index (χ2n) is 5.10. The van der Waals surface area contributed by atoms with E-state index in [0.29, 0.717) is 6.61 Å². The van der Waals surface area contributed by atoms with Crippen molar-refractivity contribution in [3.8, 4) is 6.07 Å². The number of hydrogen-bond donors (Lipinski definition) is 0. The van der Waals surface area contributed by atoms with Crippen molar-refractivity contribution in [2.75, 3.05) is 6.61 Å². The molecule has 0 bridgehead atoms. The lowest BCUT2D eigenvalue weighted by Crippen LogP contribution is -2.28. The maximum Gasteiger partial charge on any atom is 0.183 e. The fraction of sp³-hybridized carbons (Fsp3) is 0.917. The van der Waals surface area contributed by atoms with Crippen LogP contribution in [-0.4, -0.2) is 14.9 Å². The largest absolute Gasteiger partial charge is 0.416 e. The van der Waals surface area contributed by atoms with Gasteiger partial charge in [0.1, 0.15) is 0 Å². The average Bonchev–Trinajstić information content (AvgIpc) is 2.15. The van der Waals surface area contributed by atoms with Crippen LogP contribution >= 0.6 is 0 Å². The van der Waals surface area contributed by atoms with Gasteiger partial charge in [-0.05, 0) is 26.1 Å². The normalized spacial score (nSPS) is 13.5. The van der Waals surface area contributed by atoms with Crippen molar-refractivity contribution in [2.45, 2.75) is 58.7 Å². The van der Waals surface area contributed by atoms with E-state index in [-0.39, 0.29) is 5.92 Å². The molecular formula is C12H25NOSi. The molecule has 0 aromatic rings. The molecule has 0 saturated heterocycles. The Kier molecular flexibility index (Phi) is 7.72. The molecule has 2 nitrogen and oxygen atoms in total. The summed E-state index contributed by atoms with van der Waals surface area (Å²) in [6.07, 6.45) is 5.96. The SMILES string of the molecule is CCCCCCC(C#N)CO[Si](C)(C)C. The Morgan fingerprint density at radius 3 is 2.33 bits per heavy atom. The third-order valence-electron chi connectivity index (χ3n) is 2.31. The molecule has 0 aromatic carbocycles. The van der Waals surface area contributed by atoms with E-state index in [2.05, 4.69) is 32.6 Å². The lowest BCUT2D eigenvalue weighted by molar-refractivity contribution is 0.263. The quantitative estimate of drug-likeness (QED) is 0.464. The number of rotatable bonds is 8. The molecule has 0 fully saturated rings. The third-order valence-corrected chi connectivity index (χ3v) is 3.34. The summed E-state index contributed by atoms with van der Waals surface area (Å²) in [5.41, 5.74) is 0. The summed E-state index contributed by atoms with van der Waals surface area (Å²) in [6, 6.07) is 2.35. The highest BCUT2D eigenvalue weighted by molar-refractivity contribution is 6.69. The first-order valence-electron chi connectivity index (χ1n) is 6.03. The molecule has 88 valence electrons. The van der Waals surface area contributed by atoms with E-state index in [4.69, 9.17) is 9.69 Å². The first-order valence-corrected chi connectivity index (χ1v) is 9.44. The topological polar surface area (TPSA) is 33.0 Å². The predicted molar refractivity (Wildman–Crippen MR) is 67.2 cm³/mol. The van der Waals surface area contributed by atoms with Crippen LogP contribution in [-0.2, 0) is 4.43 Å². The van der Waals surface area contributed by atoms with Gasteiger partial charge in [0.2, 0.25) is 0 Å². The molecule has 0 aliphatic carbocycles. The second kappa shape index (κ2) is 7.89. The zero-order valence-corrected chi connectivity index (χ0v) is 11.7. The summed E-state index contributed by atoms with van der Waals surface area (Å²) >= 11 is 0. The number of nitriles is 1. The lowest BCUT2D eigenvalue weighted by Gasteiger charge is -2.19. The summed E-state index contributed by atoms with van der Waals surface area (Å²) in [5, 5.41) is 8.96. The lowest BCUT2D eigenvalue weighted by atomic mass is 10.0. The van der Waals surface area contributed by atoms with Crippen molar-refractivity contribution >= 4 is 8.32 Å². The first kappa shape index (κ1) is 14.7. The van der Waals surface area contributed by atoms with Crippen LogP contribution in [0.4, 0.5) is 0 Å². The van der Waals surface area contributed by atoms with Gasteiger partial charge in [0.25, 0.3) is 0 Å². The zero-order valence-electron chi connectivity index (χ0n) is 10.7. The van der Waals surface area contributed by atoms with Crippen molar-refractivity contribution < 1.29 is 4.43 Å². The predicted octanol–water partition coefficient (Wildman–Crippen LogP) is 3.95. The average molecular weight is 227 g/mol. The molecule has 1 atom stereocenters. The van der Waals surface area contributed by atoms with Gasteiger partial charge in [-0.3, -0.25) is 0 Å². The molecule has 0 N–H and O–H groups in total. The fourth-order valence-corrected chi connectivity index (χ4v) is 2.05. The second-order valence-corrected chi connectivity index (χ2v) is 9.61. The summed E-state index contributed by atoms with van der Waals surface area (Å²) in [5.74, 6) is 0.105. The Bertz CT molecular complexity index is 193. The Hall–Kier alpha value is -0.333. The molecule has 0 aliphatic heterocycles. The minimum atomic E-state index is -1.44. The third kappa shape index (κ3) is 9.96. The van der Waals surface area contributed by atoms with Crippen molar-refractivity contribution in [2.24, 2.45) is 5.92 Å². The minimum Gasteiger partial charge on any atom is -0.416 e. The molecule has 15 heavy (non-hydrogen) atoms. The van der Waals surface area contributed by atoms with Crippen molar-refractivity contribution in [1.82, 2.24) is 0 Å². The summed E-state index contributed by atoms with van der Waals surface area (Å²) < 4.78 is 5.76. The molecule has 0 aromatic heterocycles. The maximum atomic E-state index is 8.96. The molecule has 0 aliphatic rings. The standard InChI is InChI=1S/C12H25NOSi/c1-5-6-7-8-9-12(10-13)11-14-15(2,3)4/h12H,5-9,11H2,1-4H3. The van der Waals surface area contributed by atoms with Crippen molar-refractivity contribution in [3.05, 3.63) is 0 Å². The Morgan fingerprint density at radius 2 is 1.87 bits per heavy atom. The summed E-state index contributed by atoms with van der Waals surface area (Å²) in [6.45, 7) is 9.34. The van der Waals surface area contributed by atoms with Crippen LogP contribution < -0.4 is 0 Å². The first-order chi connectivity index (χ1) is 6.99. The van der Waals surface area contributed by atoms with E-state index in [0.717, 1.165) is 6.42 Å². The van der Waals surface area contributed by atoms with E-state index in [1.165, 1.54) is 25.7 Å². The van der Waals surface area contributed by atoms with E-state index >= 15 is 0 Å². The van der Waals surface area contributed by atoms with Crippen LogP contribution in [0.15, 0.2) is 0 Å². The number of nitrogens with zero attached hydrogens (tertiary/aromatic N) is 1. The smallest absolute Gasteiger partial charge is 0.183 e. The molecular weight excluding hydrogens is 202 g/mol. The van der Waals surface area contributed by atoms with Gasteiger partial charge in [-0.1, -0.05) is 32.6 Å². The van der Waals surface area contributed by atoms with Gasteiger partial charge in [-0.2, -0.15) is 5.26 Å². The van der Waals surface area contributed by atoms with Gasteiger partial charge in [-0.25, -0.2) is 0 Å². The molecule has 1 unspecified atom stereocenters. The molecule has 0 heterocycles. The van der Waals surface area contributed by atoms with Gasteiger partial charge in [0.15, 0.2) is 8.32 Å². The van der Waals surface area contributed by atoms with Crippen molar-refractivity contribution in [1.29, 1.82) is 5.26 Å². The zero-order chi connectivity index (χ0) is 11.7. The van der Waals surface area contributed by atoms with Crippen LogP contribution in [0.3, 0.4) is 0 Å². The van der Waals surface area contributed by atoms with Gasteiger partial charge >= 0.3 is 0 Å². The monoisotopic (exact) mass is 227 g/mol. The number of hydrogen-bond acceptors (Lipinski definition) is 2. The van der Waals surface area contributed by atoms with Crippen LogP contribution in [0.5, 0.6) is 0 Å². The van der Waals surface area contributed by atoms with Gasteiger partial charge < -0.3 is 4.43 Å². The molecule has 0 saturated carbocycles. The summed E-state index contributed by atoms with van der Waals surface area (Å²) in [7, 11) is -1.44. The van der Waals surface area contributed by atoms with Crippen LogP contribution in [0, 0.1) is 17.2 Å². The molecule has 3 heteroatoms. The Balaban J connectivity index is 3.61. The Labute approximate surface area is 95.8 Å². The van der Waals surface area contributed by atoms with E-state index in [1.54, 1.807) is 0 Å². The van der Waals surface area contributed by atoms with E-state index < -0.39 is 8.32 Å². The number of unbranched alkanes of at least 4 members (excludes halogenated alkanes) is 3. The minimum absolute atomic E-state index is 0.105. The molecule has 0 spiro atoms. The molecule has 0 radical (unpaired) electrons. The molecule has 0 amide bonds. The van der Waals surface area contributed by atoms with Gasteiger partial charge in [-0.15, -0.1) is 0 Å². The van der Waals surface area contributed by atoms with Gasteiger partial charge in [0.05, 0.1) is 12.0 Å². The maximum absolute atomic E-state index is 8.96. The summed E-state index contributed by atoms with van der Waals surface area (Å²) in [4.78, 5) is 0. The Morgan fingerprint density at radius 1 is 1.20 bits per heavy atom. The van der Waals surface area contributed by atoms with Crippen LogP contribution in [0.1, 0.15) is 39.0 Å². The van der Waals surface area contributed by atoms with Crippen molar-refractivity contribution in [3.63, 3.8) is 0 Å².